The zero-order chi connectivity index (χ0) is 17.7. The number of carboxylic acids is 1. The van der Waals surface area contributed by atoms with Crippen LogP contribution in [0.2, 0.25) is 0 Å². The number of hydrogen-bond donors (Lipinski definition) is 3. The first kappa shape index (κ1) is 17.8. The Kier molecular flexibility index (Phi) is 5.78. The fraction of sp³-hybridized carbons (Fsp3) is 0.471. The van der Waals surface area contributed by atoms with Crippen LogP contribution < -0.4 is 10.6 Å². The Bertz CT molecular complexity index is 630. The van der Waals surface area contributed by atoms with Crippen molar-refractivity contribution in [1.82, 2.24) is 10.2 Å². The van der Waals surface area contributed by atoms with Gasteiger partial charge in [0.25, 0.3) is 5.91 Å². The van der Waals surface area contributed by atoms with Gasteiger partial charge < -0.3 is 20.6 Å². The van der Waals surface area contributed by atoms with Gasteiger partial charge in [0, 0.05) is 30.4 Å². The molecular weight excluding hydrogens is 310 g/mol. The molecule has 7 nitrogen and oxygen atoms in total. The number of hydrogen-bond acceptors (Lipinski definition) is 3. The second-order valence-electron chi connectivity index (χ2n) is 6.26. The highest BCUT2D eigenvalue weighted by molar-refractivity contribution is 5.97. The van der Waals surface area contributed by atoms with Crippen LogP contribution in [0.15, 0.2) is 24.3 Å². The average Bonchev–Trinajstić information content (AvgIpc) is 2.53. The Balaban J connectivity index is 2.06. The topological polar surface area (TPSA) is 98.7 Å². The van der Waals surface area contributed by atoms with Crippen LogP contribution >= 0.6 is 0 Å². The number of piperidine rings is 1. The Morgan fingerprint density at radius 1 is 1.29 bits per heavy atom. The predicted molar refractivity (Wildman–Crippen MR) is 90.0 cm³/mol. The SMILES string of the molecule is CC(C)NC(=O)Nc1cccc(C(=O)N2CCC[C@H](C(=O)O)C2)c1. The average molecular weight is 333 g/mol. The van der Waals surface area contributed by atoms with Crippen molar-refractivity contribution in [3.63, 3.8) is 0 Å². The standard InChI is InChI=1S/C17H23N3O4/c1-11(2)18-17(24)19-14-7-3-5-12(9-14)15(21)20-8-4-6-13(10-20)16(22)23/h3,5,7,9,11,13H,4,6,8,10H2,1-2H3,(H,22,23)(H2,18,19,24)/t13-/m0/s1. The van der Waals surface area contributed by atoms with E-state index in [1.807, 2.05) is 13.8 Å². The van der Waals surface area contributed by atoms with Crippen molar-refractivity contribution in [2.45, 2.75) is 32.7 Å². The Morgan fingerprint density at radius 2 is 2.04 bits per heavy atom. The van der Waals surface area contributed by atoms with Crippen LogP contribution in [0, 0.1) is 5.92 Å². The molecule has 2 rings (SSSR count). The monoisotopic (exact) mass is 333 g/mol. The first-order valence-electron chi connectivity index (χ1n) is 8.06. The highest BCUT2D eigenvalue weighted by Crippen LogP contribution is 2.20. The van der Waals surface area contributed by atoms with E-state index in [0.29, 0.717) is 30.6 Å². The molecule has 24 heavy (non-hydrogen) atoms. The summed E-state index contributed by atoms with van der Waals surface area (Å²) in [5, 5.41) is 14.5. The molecule has 1 saturated heterocycles. The number of benzene rings is 1. The summed E-state index contributed by atoms with van der Waals surface area (Å²) in [5.41, 5.74) is 0.953. The molecule has 0 saturated carbocycles. The van der Waals surface area contributed by atoms with Crippen LogP contribution in [-0.2, 0) is 4.79 Å². The van der Waals surface area contributed by atoms with Gasteiger partial charge in [0.2, 0.25) is 0 Å². The second-order valence-corrected chi connectivity index (χ2v) is 6.26. The van der Waals surface area contributed by atoms with E-state index in [4.69, 9.17) is 5.11 Å². The molecule has 1 fully saturated rings. The summed E-state index contributed by atoms with van der Waals surface area (Å²) in [6.07, 6.45) is 1.27. The molecule has 1 aromatic rings. The van der Waals surface area contributed by atoms with Gasteiger partial charge in [-0.3, -0.25) is 9.59 Å². The predicted octanol–water partition coefficient (Wildman–Crippen LogP) is 2.15. The van der Waals surface area contributed by atoms with E-state index in [2.05, 4.69) is 10.6 Å². The molecule has 0 spiro atoms. The smallest absolute Gasteiger partial charge is 0.319 e. The van der Waals surface area contributed by atoms with Crippen LogP contribution in [0.3, 0.4) is 0 Å². The van der Waals surface area contributed by atoms with Gasteiger partial charge >= 0.3 is 12.0 Å². The lowest BCUT2D eigenvalue weighted by Gasteiger charge is -2.30. The number of aliphatic carboxylic acids is 1. The van der Waals surface area contributed by atoms with Gasteiger partial charge in [0.05, 0.1) is 5.92 Å². The summed E-state index contributed by atoms with van der Waals surface area (Å²) >= 11 is 0. The van der Waals surface area contributed by atoms with Gasteiger partial charge in [0.15, 0.2) is 0 Å². The number of likely N-dealkylation sites (tertiary alicyclic amines) is 1. The van der Waals surface area contributed by atoms with Crippen molar-refractivity contribution in [3.05, 3.63) is 29.8 Å². The number of nitrogens with zero attached hydrogens (tertiary/aromatic N) is 1. The molecule has 1 aliphatic rings. The zero-order valence-corrected chi connectivity index (χ0v) is 13.9. The molecule has 1 atom stereocenters. The van der Waals surface area contributed by atoms with Gasteiger partial charge in [-0.25, -0.2) is 4.79 Å². The maximum Gasteiger partial charge on any atom is 0.319 e. The first-order chi connectivity index (χ1) is 11.4. The van der Waals surface area contributed by atoms with Crippen LogP contribution in [0.1, 0.15) is 37.0 Å². The third-order valence-corrected chi connectivity index (χ3v) is 3.85. The first-order valence-corrected chi connectivity index (χ1v) is 8.06. The van der Waals surface area contributed by atoms with E-state index in [9.17, 15) is 14.4 Å². The number of carbonyl (C=O) groups is 3. The molecular formula is C17H23N3O4. The zero-order valence-electron chi connectivity index (χ0n) is 13.9. The van der Waals surface area contributed by atoms with Crippen LogP contribution in [0.25, 0.3) is 0 Å². The number of carbonyl (C=O) groups excluding carboxylic acids is 2. The molecule has 1 heterocycles. The molecule has 0 radical (unpaired) electrons. The third-order valence-electron chi connectivity index (χ3n) is 3.85. The summed E-state index contributed by atoms with van der Waals surface area (Å²) < 4.78 is 0. The quantitative estimate of drug-likeness (QED) is 0.786. The molecule has 3 N–H and O–H groups in total. The van der Waals surface area contributed by atoms with E-state index in [1.165, 1.54) is 0 Å². The normalized spacial score (nSPS) is 17.5. The van der Waals surface area contributed by atoms with Gasteiger partial charge in [-0.1, -0.05) is 6.07 Å². The van der Waals surface area contributed by atoms with Crippen molar-refractivity contribution in [3.8, 4) is 0 Å². The molecule has 0 unspecified atom stereocenters. The molecule has 1 aliphatic heterocycles. The fourth-order valence-electron chi connectivity index (χ4n) is 2.71. The minimum atomic E-state index is -0.867. The van der Waals surface area contributed by atoms with E-state index < -0.39 is 11.9 Å². The molecule has 0 aliphatic carbocycles. The number of carboxylic acid groups (broad SMARTS) is 1. The summed E-state index contributed by atoms with van der Waals surface area (Å²) in [6, 6.07) is 6.34. The minimum Gasteiger partial charge on any atom is -0.481 e. The number of amides is 3. The van der Waals surface area contributed by atoms with E-state index in [1.54, 1.807) is 29.2 Å². The Hall–Kier alpha value is -2.57. The number of anilines is 1. The number of urea groups is 1. The van der Waals surface area contributed by atoms with Crippen molar-refractivity contribution in [1.29, 1.82) is 0 Å². The summed E-state index contributed by atoms with van der Waals surface area (Å²) in [6.45, 7) is 4.48. The molecule has 0 bridgehead atoms. The van der Waals surface area contributed by atoms with E-state index in [0.717, 1.165) is 0 Å². The Labute approximate surface area is 141 Å². The maximum atomic E-state index is 12.6. The highest BCUT2D eigenvalue weighted by atomic mass is 16.4. The van der Waals surface area contributed by atoms with Crippen LogP contribution in [-0.4, -0.2) is 47.0 Å². The van der Waals surface area contributed by atoms with Crippen LogP contribution in [0.4, 0.5) is 10.5 Å². The Morgan fingerprint density at radius 3 is 2.71 bits per heavy atom. The lowest BCUT2D eigenvalue weighted by atomic mass is 9.97. The molecule has 3 amide bonds. The van der Waals surface area contributed by atoms with Crippen molar-refractivity contribution in [2.24, 2.45) is 5.92 Å². The van der Waals surface area contributed by atoms with Gasteiger partial charge in [0.1, 0.15) is 0 Å². The highest BCUT2D eigenvalue weighted by Gasteiger charge is 2.28. The number of nitrogens with one attached hydrogen (secondary N) is 2. The molecule has 1 aromatic carbocycles. The van der Waals surface area contributed by atoms with Crippen molar-refractivity contribution >= 4 is 23.6 Å². The lowest BCUT2D eigenvalue weighted by Crippen LogP contribution is -2.42. The van der Waals surface area contributed by atoms with E-state index >= 15 is 0 Å². The minimum absolute atomic E-state index is 0.0103. The largest absolute Gasteiger partial charge is 0.481 e. The second kappa shape index (κ2) is 7.81. The molecule has 0 aromatic heterocycles. The summed E-state index contributed by atoms with van der Waals surface area (Å²) in [7, 11) is 0. The third kappa shape index (κ3) is 4.71. The number of rotatable bonds is 4. The lowest BCUT2D eigenvalue weighted by molar-refractivity contribution is -0.143. The van der Waals surface area contributed by atoms with Crippen molar-refractivity contribution < 1.29 is 19.5 Å². The maximum absolute atomic E-state index is 12.6. The fourth-order valence-corrected chi connectivity index (χ4v) is 2.71. The summed E-state index contributed by atoms with van der Waals surface area (Å²) in [5.74, 6) is -1.59. The molecule has 7 heteroatoms. The van der Waals surface area contributed by atoms with E-state index in [-0.39, 0.29) is 24.5 Å². The molecule has 130 valence electrons. The summed E-state index contributed by atoms with van der Waals surface area (Å²) in [4.78, 5) is 37.0. The van der Waals surface area contributed by atoms with Crippen molar-refractivity contribution in [2.75, 3.05) is 18.4 Å². The van der Waals surface area contributed by atoms with Gasteiger partial charge in [-0.05, 0) is 44.9 Å². The van der Waals surface area contributed by atoms with Gasteiger partial charge in [-0.15, -0.1) is 0 Å². The van der Waals surface area contributed by atoms with Gasteiger partial charge in [-0.2, -0.15) is 0 Å². The van der Waals surface area contributed by atoms with Crippen LogP contribution in [0.5, 0.6) is 0 Å².